The van der Waals surface area contributed by atoms with Gasteiger partial charge < -0.3 is 10.2 Å². The van der Waals surface area contributed by atoms with Gasteiger partial charge >= 0.3 is 0 Å². The second-order valence-corrected chi connectivity index (χ2v) is 11.6. The summed E-state index contributed by atoms with van der Waals surface area (Å²) >= 11 is 0. The van der Waals surface area contributed by atoms with Crippen LogP contribution in [-0.2, 0) is 27.3 Å². The smallest absolute Gasteiger partial charge is 0.244 e. The summed E-state index contributed by atoms with van der Waals surface area (Å²) in [4.78, 5) is 44.0. The number of carbonyl (C=O) groups is 3. The summed E-state index contributed by atoms with van der Waals surface area (Å²) in [6.07, 6.45) is 3.05. The summed E-state index contributed by atoms with van der Waals surface area (Å²) < 4.78 is 0. The molecule has 210 valence electrons. The predicted molar refractivity (Wildman–Crippen MR) is 150 cm³/mol. The number of carbonyl (C=O) groups excluding carboxylic acids is 3. The molecule has 0 saturated carbocycles. The summed E-state index contributed by atoms with van der Waals surface area (Å²) in [7, 11) is 0. The Balaban J connectivity index is 1.46. The van der Waals surface area contributed by atoms with Crippen molar-refractivity contribution in [3.05, 3.63) is 71.8 Å². The lowest BCUT2D eigenvalue weighted by Gasteiger charge is -2.35. The fourth-order valence-electron chi connectivity index (χ4n) is 6.26. The number of nitrogens with one attached hydrogen (secondary N) is 2. The molecule has 2 heterocycles. The van der Waals surface area contributed by atoms with Crippen molar-refractivity contribution in [3.8, 4) is 0 Å². The highest BCUT2D eigenvalue weighted by molar-refractivity contribution is 5.94. The number of hydrogen-bond donors (Lipinski definition) is 3. The Morgan fingerprint density at radius 2 is 1.59 bits per heavy atom. The number of rotatable bonds is 11. The lowest BCUT2D eigenvalue weighted by molar-refractivity contribution is -0.147. The molecular formula is C31H42N4O4. The zero-order chi connectivity index (χ0) is 27.8. The van der Waals surface area contributed by atoms with Gasteiger partial charge in [-0.3, -0.25) is 24.5 Å². The highest BCUT2D eigenvalue weighted by Gasteiger charge is 2.51. The van der Waals surface area contributed by atoms with Crippen molar-refractivity contribution < 1.29 is 19.6 Å². The van der Waals surface area contributed by atoms with Crippen molar-refractivity contribution in [3.63, 3.8) is 0 Å². The number of amides is 3. The zero-order valence-electron chi connectivity index (χ0n) is 23.1. The average molecular weight is 535 g/mol. The van der Waals surface area contributed by atoms with E-state index in [9.17, 15) is 19.6 Å². The molecule has 2 atom stereocenters. The van der Waals surface area contributed by atoms with Crippen LogP contribution in [0.15, 0.2) is 60.7 Å². The Bertz CT molecular complexity index is 1100. The molecule has 8 nitrogen and oxygen atoms in total. The number of nitrogens with zero attached hydrogens (tertiary/aromatic N) is 2. The van der Waals surface area contributed by atoms with E-state index in [4.69, 9.17) is 0 Å². The lowest BCUT2D eigenvalue weighted by atomic mass is 9.75. The van der Waals surface area contributed by atoms with E-state index in [0.29, 0.717) is 25.8 Å². The summed E-state index contributed by atoms with van der Waals surface area (Å²) in [5.74, 6) is -0.700. The zero-order valence-corrected chi connectivity index (χ0v) is 23.1. The molecule has 0 radical (unpaired) electrons. The quantitative estimate of drug-likeness (QED) is 0.302. The standard InChI is InChI=1S/C31H42N4O4/c1-23(2)20-31(21-28(36)33-39)15-18-35(30(31)38)27(19-24-9-5-3-6-10-24)29(37)32-26-13-16-34(17-14-26)22-25-11-7-4-8-12-25/h3-12,23,26-27,39H,13-22H2,1-2H3,(H,32,37)(H,33,36)/t27-,31+/m0/s1. The van der Waals surface area contributed by atoms with Crippen LogP contribution in [0.25, 0.3) is 0 Å². The summed E-state index contributed by atoms with van der Waals surface area (Å²) in [6.45, 7) is 7.16. The fraction of sp³-hybridized carbons (Fsp3) is 0.516. The van der Waals surface area contributed by atoms with Crippen LogP contribution in [0, 0.1) is 11.3 Å². The van der Waals surface area contributed by atoms with Crippen LogP contribution < -0.4 is 10.8 Å². The second-order valence-electron chi connectivity index (χ2n) is 11.6. The Kier molecular flexibility index (Phi) is 9.75. The first-order chi connectivity index (χ1) is 18.8. The number of hydroxylamine groups is 1. The molecule has 3 amide bonds. The van der Waals surface area contributed by atoms with Crippen LogP contribution in [-0.4, -0.2) is 64.4 Å². The minimum absolute atomic E-state index is 0.0566. The second kappa shape index (κ2) is 13.2. The lowest BCUT2D eigenvalue weighted by Crippen LogP contribution is -2.54. The highest BCUT2D eigenvalue weighted by Crippen LogP contribution is 2.42. The van der Waals surface area contributed by atoms with Gasteiger partial charge in [0.1, 0.15) is 6.04 Å². The van der Waals surface area contributed by atoms with E-state index < -0.39 is 17.4 Å². The SMILES string of the molecule is CC(C)C[C@@]1(CC(=O)NO)CCN([C@@H](Cc2ccccc2)C(=O)NC2CCN(Cc3ccccc3)CC2)C1=O. The van der Waals surface area contributed by atoms with Crippen LogP contribution in [0.2, 0.25) is 0 Å². The third-order valence-electron chi connectivity index (χ3n) is 8.10. The highest BCUT2D eigenvalue weighted by atomic mass is 16.5. The van der Waals surface area contributed by atoms with Gasteiger partial charge in [-0.15, -0.1) is 0 Å². The molecule has 39 heavy (non-hydrogen) atoms. The Labute approximate surface area is 231 Å². The van der Waals surface area contributed by atoms with E-state index in [2.05, 4.69) is 34.5 Å². The first-order valence-electron chi connectivity index (χ1n) is 14.1. The molecule has 0 unspecified atom stereocenters. The molecule has 4 rings (SSSR count). The largest absolute Gasteiger partial charge is 0.351 e. The van der Waals surface area contributed by atoms with E-state index in [0.717, 1.165) is 38.0 Å². The van der Waals surface area contributed by atoms with Gasteiger partial charge in [0.05, 0.1) is 5.41 Å². The fourth-order valence-corrected chi connectivity index (χ4v) is 6.26. The first kappa shape index (κ1) is 28.8. The minimum Gasteiger partial charge on any atom is -0.351 e. The Morgan fingerprint density at radius 3 is 2.18 bits per heavy atom. The molecular weight excluding hydrogens is 492 g/mol. The molecule has 0 spiro atoms. The van der Waals surface area contributed by atoms with Gasteiger partial charge in [-0.25, -0.2) is 5.48 Å². The van der Waals surface area contributed by atoms with Crippen molar-refractivity contribution in [1.82, 2.24) is 20.6 Å². The van der Waals surface area contributed by atoms with E-state index in [1.807, 2.05) is 50.2 Å². The molecule has 2 aliphatic rings. The van der Waals surface area contributed by atoms with Crippen LogP contribution in [0.1, 0.15) is 57.1 Å². The predicted octanol–water partition coefficient (Wildman–Crippen LogP) is 3.54. The molecule has 2 saturated heterocycles. The molecule has 8 heteroatoms. The normalized spacial score (nSPS) is 21.2. The van der Waals surface area contributed by atoms with Gasteiger partial charge in [-0.2, -0.15) is 0 Å². The van der Waals surface area contributed by atoms with Crippen LogP contribution in [0.5, 0.6) is 0 Å². The molecule has 2 aromatic carbocycles. The number of benzene rings is 2. The Morgan fingerprint density at radius 1 is 0.974 bits per heavy atom. The average Bonchev–Trinajstić information content (AvgIpc) is 3.23. The summed E-state index contributed by atoms with van der Waals surface area (Å²) in [6, 6.07) is 19.6. The molecule has 2 aliphatic heterocycles. The van der Waals surface area contributed by atoms with Crippen molar-refractivity contribution >= 4 is 17.7 Å². The summed E-state index contributed by atoms with van der Waals surface area (Å²) in [5, 5.41) is 12.4. The summed E-state index contributed by atoms with van der Waals surface area (Å²) in [5.41, 5.74) is 3.05. The van der Waals surface area contributed by atoms with Gasteiger partial charge in [-0.1, -0.05) is 74.5 Å². The molecule has 0 bridgehead atoms. The maximum atomic E-state index is 13.9. The van der Waals surface area contributed by atoms with Gasteiger partial charge in [0, 0.05) is 45.1 Å². The molecule has 2 fully saturated rings. The van der Waals surface area contributed by atoms with E-state index in [1.165, 1.54) is 5.56 Å². The van der Waals surface area contributed by atoms with Gasteiger partial charge in [0.2, 0.25) is 17.7 Å². The maximum absolute atomic E-state index is 13.9. The van der Waals surface area contributed by atoms with E-state index >= 15 is 0 Å². The topological polar surface area (TPSA) is 102 Å². The number of likely N-dealkylation sites (tertiary alicyclic amines) is 2. The van der Waals surface area contributed by atoms with E-state index in [-0.39, 0.29) is 30.2 Å². The Hall–Kier alpha value is -3.23. The third kappa shape index (κ3) is 7.46. The van der Waals surface area contributed by atoms with Gasteiger partial charge in [-0.05, 0) is 42.7 Å². The van der Waals surface area contributed by atoms with Crippen molar-refractivity contribution in [1.29, 1.82) is 0 Å². The molecule has 3 N–H and O–H groups in total. The molecule has 0 aliphatic carbocycles. The van der Waals surface area contributed by atoms with Crippen LogP contribution in [0.3, 0.4) is 0 Å². The number of piperidine rings is 1. The van der Waals surface area contributed by atoms with E-state index in [1.54, 1.807) is 10.4 Å². The van der Waals surface area contributed by atoms with Crippen molar-refractivity contribution in [2.45, 2.75) is 71.0 Å². The van der Waals surface area contributed by atoms with Crippen molar-refractivity contribution in [2.75, 3.05) is 19.6 Å². The molecule has 0 aromatic heterocycles. The van der Waals surface area contributed by atoms with Gasteiger partial charge in [0.25, 0.3) is 0 Å². The van der Waals surface area contributed by atoms with Gasteiger partial charge in [0.15, 0.2) is 0 Å². The monoisotopic (exact) mass is 534 g/mol. The van der Waals surface area contributed by atoms with Crippen molar-refractivity contribution in [2.24, 2.45) is 11.3 Å². The van der Waals surface area contributed by atoms with Crippen LogP contribution in [0.4, 0.5) is 0 Å². The first-order valence-corrected chi connectivity index (χ1v) is 14.1. The van der Waals surface area contributed by atoms with Crippen LogP contribution >= 0.6 is 0 Å². The number of hydrogen-bond acceptors (Lipinski definition) is 5. The molecule has 2 aromatic rings. The third-order valence-corrected chi connectivity index (χ3v) is 8.10. The maximum Gasteiger partial charge on any atom is 0.244 e. The minimum atomic E-state index is -0.918.